The fourth-order valence-corrected chi connectivity index (χ4v) is 36.0. The SMILES string of the molecule is Cc1cc(-c2cc(F)c(F)cc2O[CH2][Ge]([CH2]Oc2cc(F)c(F)cc2-c2cc(C)cc(-n3c4ccccc4c4ccccc43)c2O)([CH](C)C)[CH](C)C)c(O)c(-n2c3ccccc3c3ccccc32)c1.Cc1cc(-c2cc(F)c(F)cc2[OH+][CH2][Ge]([CH2][OH+]c2cc(F)c(F)cc2-c2cc(C)cc(-n3c4ccccc4c4ccccc43)c2O)([CH](C)C)[CH](C)C)c(O)c(-n2c3ccccc3c3ccccc32)c1.[CH3-].[CH3-].[Hf]. The number of aromatic nitrogens is 4. The maximum atomic E-state index is 15.5. The fraction of sp³-hybridized carbons (Fsp3) is 0.169. The van der Waals surface area contributed by atoms with Gasteiger partial charge >= 0.3 is 804 Å². The summed E-state index contributed by atoms with van der Waals surface area (Å²) < 4.78 is 155. The van der Waals surface area contributed by atoms with Gasteiger partial charge in [0.15, 0.2) is 0 Å². The van der Waals surface area contributed by atoms with Crippen molar-refractivity contribution in [3.63, 3.8) is 0 Å². The molecule has 0 aliphatic rings. The molecule has 0 unspecified atom stereocenters. The number of ether oxygens (including phenoxy) is 4. The second-order valence-corrected chi connectivity index (χ2v) is 60.2. The molecule has 0 atom stereocenters. The average molecular weight is 2190 g/mol. The van der Waals surface area contributed by atoms with Crippen LogP contribution in [0.5, 0.6) is 46.0 Å². The van der Waals surface area contributed by atoms with E-state index in [9.17, 15) is 20.4 Å². The Kier molecular flexibility index (Phi) is 28.7. The summed E-state index contributed by atoms with van der Waals surface area (Å²) in [6.07, 6.45) is 0. The second-order valence-electron chi connectivity index (χ2n) is 37.6. The van der Waals surface area contributed by atoms with Gasteiger partial charge in [0.05, 0.1) is 0 Å². The van der Waals surface area contributed by atoms with Crippen molar-refractivity contribution in [2.75, 3.05) is 21.8 Å². The normalized spacial score (nSPS) is 11.9. The molecule has 0 aliphatic carbocycles. The molecule has 20 aromatic rings. The summed E-state index contributed by atoms with van der Waals surface area (Å²) in [5, 5.41) is 57.0. The molecule has 23 heteroatoms. The number of phenolic OH excluding ortho intramolecular Hbond substituents is 4. The molecule has 0 aliphatic heterocycles. The number of benzene rings is 16. The van der Waals surface area contributed by atoms with Gasteiger partial charge in [0.2, 0.25) is 0 Å². The number of hydrogen-bond donors (Lipinski definition) is 4. The number of fused-ring (bicyclic) bond motifs is 12. The Hall–Kier alpha value is -13.5. The van der Waals surface area contributed by atoms with Gasteiger partial charge in [-0.1, -0.05) is 0 Å². The summed E-state index contributed by atoms with van der Waals surface area (Å²) in [7, 11) is 0. The van der Waals surface area contributed by atoms with Gasteiger partial charge in [-0.3, -0.25) is 0 Å². The van der Waals surface area contributed by atoms with Gasteiger partial charge in [0.1, 0.15) is 0 Å². The smallest absolute Gasteiger partial charge is 0 e. The maximum absolute atomic E-state index is 15.5. The van der Waals surface area contributed by atoms with Crippen LogP contribution in [0.1, 0.15) is 77.6 Å². The zero-order chi connectivity index (χ0) is 96.9. The van der Waals surface area contributed by atoms with Crippen LogP contribution in [0.3, 0.4) is 0 Å². The largest absolute Gasteiger partial charge is 0.358 e. The number of nitrogens with zero attached hydrogens (tertiary/aromatic N) is 4. The fourth-order valence-electron chi connectivity index (χ4n) is 20.5. The molecule has 716 valence electrons. The second kappa shape index (κ2) is 40.3. The predicted octanol–water partition coefficient (Wildman–Crippen LogP) is 31.8. The topological polar surface area (TPSA) is 145 Å². The first kappa shape index (κ1) is 100. The molecule has 4 heterocycles. The monoisotopic (exact) mass is 2190 g/mol. The molecule has 20 rings (SSSR count). The van der Waals surface area contributed by atoms with E-state index >= 15 is 35.1 Å². The first-order valence-electron chi connectivity index (χ1n) is 46.2. The molecule has 141 heavy (non-hydrogen) atoms. The molecule has 0 radical (unpaired) electrons. The zero-order valence-corrected chi connectivity index (χ0v) is 88.5. The van der Waals surface area contributed by atoms with Crippen LogP contribution < -0.4 is 9.47 Å². The van der Waals surface area contributed by atoms with E-state index in [2.05, 4.69) is 55.4 Å². The van der Waals surface area contributed by atoms with Crippen molar-refractivity contribution in [3.05, 3.63) is 375 Å². The van der Waals surface area contributed by atoms with Gasteiger partial charge in [-0.05, 0) is 0 Å². The third-order valence-electron chi connectivity index (χ3n) is 28.2. The molecule has 12 nitrogen and oxygen atoms in total. The van der Waals surface area contributed by atoms with Gasteiger partial charge in [0, 0.05) is 25.8 Å². The average Bonchev–Trinajstić information content (AvgIpc) is 1.61. The third-order valence-corrected chi connectivity index (χ3v) is 53.5. The standard InChI is InChI=1S/2C58H50F4GeN2O4.2CH3.Hf/c2*1-33(2)63(34(3)4,31-68-55-29-47(61)45(59)27-41(55)43-23-35(5)25-53(57(43)66)64-49-19-11-7-15-37(49)38-16-8-12-20-50(38)64)32-69-56-30-48(62)46(60)28-42(56)44-24-36(6)26-54(58(44)67)65-51-21-13-9-17-39(51)40-18-10-14-22-52(40)65;;;/h2*7-30,33-34,66-67H,31-32H2,1-6H3;2*1H3;/q;;2*-1;/p+2. The van der Waals surface area contributed by atoms with Gasteiger partial charge in [-0.2, -0.15) is 0 Å². The number of hydrogen-bond acceptors (Lipinski definition) is 6. The molecule has 4 aromatic heterocycles. The van der Waals surface area contributed by atoms with Crippen molar-refractivity contribution >= 4 is 114 Å². The van der Waals surface area contributed by atoms with E-state index in [4.69, 9.17) is 18.9 Å². The minimum atomic E-state index is -3.63. The Labute approximate surface area is 837 Å². The molecular weight excluding hydrogens is 2080 g/mol. The molecule has 6 N–H and O–H groups in total. The van der Waals surface area contributed by atoms with Crippen LogP contribution in [0, 0.1) is 89.1 Å². The van der Waals surface area contributed by atoms with Crippen LogP contribution in [0.4, 0.5) is 35.1 Å². The van der Waals surface area contributed by atoms with Crippen molar-refractivity contribution in [3.8, 4) is 113 Å². The predicted molar refractivity (Wildman–Crippen MR) is 559 cm³/mol. The molecular formula is C118H108F8Ge2HfN4O8. The van der Waals surface area contributed by atoms with Crippen molar-refractivity contribution < 1.29 is 100 Å². The Balaban J connectivity index is 0.000000199. The van der Waals surface area contributed by atoms with Crippen molar-refractivity contribution in [1.29, 1.82) is 0 Å². The van der Waals surface area contributed by atoms with Crippen LogP contribution in [0.2, 0.25) is 19.0 Å². The summed E-state index contributed by atoms with van der Waals surface area (Å²) in [6.45, 7) is 24.3. The van der Waals surface area contributed by atoms with E-state index in [-0.39, 0.29) is 161 Å². The first-order valence-corrected chi connectivity index (χ1v) is 57.0. The number of para-hydroxylation sites is 8. The van der Waals surface area contributed by atoms with Gasteiger partial charge in [-0.25, -0.2) is 0 Å². The van der Waals surface area contributed by atoms with E-state index in [1.165, 1.54) is 0 Å². The number of rotatable bonds is 24. The van der Waals surface area contributed by atoms with Crippen molar-refractivity contribution in [1.82, 2.24) is 18.3 Å². The number of halogens is 8. The summed E-state index contributed by atoms with van der Waals surface area (Å²) in [5.74, 6) is -8.83. The summed E-state index contributed by atoms with van der Waals surface area (Å²) in [6, 6.07) is 86.3. The van der Waals surface area contributed by atoms with Gasteiger partial charge in [0.25, 0.3) is 0 Å². The van der Waals surface area contributed by atoms with Crippen molar-refractivity contribution in [2.45, 2.75) is 102 Å². The first-order chi connectivity index (χ1) is 66.3. The van der Waals surface area contributed by atoms with Crippen LogP contribution in [-0.4, -0.2) is 96.5 Å². The number of aliphatic hydroxyl groups is 2. The van der Waals surface area contributed by atoms with Crippen LogP contribution in [0.15, 0.2) is 291 Å². The molecule has 0 spiro atoms. The Morgan fingerprint density at radius 1 is 0.255 bits per heavy atom. The van der Waals surface area contributed by atoms with E-state index in [0.717, 1.165) is 158 Å². The zero-order valence-electron chi connectivity index (χ0n) is 80.7. The van der Waals surface area contributed by atoms with Crippen molar-refractivity contribution in [2.24, 2.45) is 0 Å². The Bertz CT molecular complexity index is 7100. The summed E-state index contributed by atoms with van der Waals surface area (Å²) in [4.78, 5) is 0. The molecule has 0 saturated carbocycles. The molecule has 16 aromatic carbocycles. The van der Waals surface area contributed by atoms with Gasteiger partial charge < -0.3 is 14.9 Å². The minimum absolute atomic E-state index is 0. The van der Waals surface area contributed by atoms with E-state index in [1.54, 1.807) is 24.3 Å². The number of aryl methyl sites for hydroxylation is 4. The van der Waals surface area contributed by atoms with Crippen LogP contribution >= 0.6 is 0 Å². The quantitative estimate of drug-likeness (QED) is 0.0205. The van der Waals surface area contributed by atoms with Crippen LogP contribution in [-0.2, 0) is 25.8 Å². The Morgan fingerprint density at radius 2 is 0.447 bits per heavy atom. The molecule has 0 saturated heterocycles. The minimum Gasteiger partial charge on any atom is -0.358 e. The summed E-state index contributed by atoms with van der Waals surface area (Å²) in [5.41, 5.74) is 14.6. The number of aromatic hydroxyl groups is 6. The maximum Gasteiger partial charge on any atom is 0 e. The molecule has 0 fully saturated rings. The molecule has 0 amide bonds. The van der Waals surface area contributed by atoms with Crippen LogP contribution in [0.25, 0.3) is 154 Å². The Morgan fingerprint density at radius 3 is 0.667 bits per heavy atom. The number of phenols is 4. The van der Waals surface area contributed by atoms with E-state index in [1.807, 2.05) is 264 Å². The summed E-state index contributed by atoms with van der Waals surface area (Å²) >= 11 is -7.15. The molecule has 0 bridgehead atoms. The van der Waals surface area contributed by atoms with Gasteiger partial charge in [-0.15, -0.1) is 0 Å². The van der Waals surface area contributed by atoms with E-state index in [0.29, 0.717) is 33.9 Å². The van der Waals surface area contributed by atoms with E-state index < -0.39 is 73.1 Å². The third kappa shape index (κ3) is 18.0.